The van der Waals surface area contributed by atoms with Crippen molar-refractivity contribution < 1.29 is 14.0 Å². The zero-order valence-electron chi connectivity index (χ0n) is 23.3. The van der Waals surface area contributed by atoms with Crippen LogP contribution in [0, 0.1) is 0 Å². The normalized spacial score (nSPS) is 17.4. The van der Waals surface area contributed by atoms with Crippen LogP contribution in [-0.2, 0) is 36.5 Å². The van der Waals surface area contributed by atoms with E-state index in [0.717, 1.165) is 22.4 Å². The number of likely N-dealkylation sites (N-methyl/N-ethyl adjacent to an activating group) is 1. The minimum Gasteiger partial charge on any atom is -0.374 e. The number of amides is 1. The highest BCUT2D eigenvalue weighted by Crippen LogP contribution is 2.47. The van der Waals surface area contributed by atoms with Gasteiger partial charge in [-0.05, 0) is 66.3 Å². The molecule has 1 amide bonds. The van der Waals surface area contributed by atoms with Gasteiger partial charge in [0.25, 0.3) is 5.56 Å². The number of carbonyl (C=O) groups excluding carboxylic acids is 2. The standard InChI is InChI=1S/C22H18N4O3.C9H11N.CH3F/c1-26-18(7-13(12-27)8-19(26)28)24-16-5-4-14-10-22(11-15(14)9-16)17-3-2-6-23-20(17)25-21(22)29;1-10-7-6-8-4-2-3-5-9(8)10;1-2/h2-9,12,24H,10-11H2,1H3,(H,23,25,29);2-5H,6-7H2,1H3;1H3. The van der Waals surface area contributed by atoms with Crippen LogP contribution in [0.1, 0.15) is 32.6 Å². The predicted octanol–water partition coefficient (Wildman–Crippen LogP) is 4.59. The van der Waals surface area contributed by atoms with Gasteiger partial charge in [0.2, 0.25) is 5.91 Å². The molecule has 2 N–H and O–H groups in total. The first kappa shape index (κ1) is 27.8. The molecule has 0 bridgehead atoms. The third-order valence-corrected chi connectivity index (χ3v) is 7.99. The number of carbonyl (C=O) groups is 2. The summed E-state index contributed by atoms with van der Waals surface area (Å²) in [5, 5.41) is 6.13. The molecule has 41 heavy (non-hydrogen) atoms. The zero-order valence-corrected chi connectivity index (χ0v) is 23.3. The third-order valence-electron chi connectivity index (χ3n) is 7.99. The van der Waals surface area contributed by atoms with Crippen LogP contribution in [0.4, 0.5) is 27.4 Å². The topological polar surface area (TPSA) is 96.3 Å². The number of aromatic nitrogens is 2. The maximum Gasteiger partial charge on any atom is 0.252 e. The molecule has 4 heterocycles. The first-order valence-electron chi connectivity index (χ1n) is 13.4. The van der Waals surface area contributed by atoms with E-state index in [2.05, 4.69) is 51.8 Å². The van der Waals surface area contributed by atoms with Gasteiger partial charge < -0.3 is 15.5 Å². The molecule has 0 radical (unpaired) electrons. The van der Waals surface area contributed by atoms with Gasteiger partial charge >= 0.3 is 0 Å². The van der Waals surface area contributed by atoms with Crippen molar-refractivity contribution in [3.8, 4) is 0 Å². The van der Waals surface area contributed by atoms with Crippen molar-refractivity contribution in [1.29, 1.82) is 0 Å². The average molecular weight is 554 g/mol. The lowest BCUT2D eigenvalue weighted by Crippen LogP contribution is -2.35. The average Bonchev–Trinajstić information content (AvgIpc) is 3.66. The van der Waals surface area contributed by atoms with E-state index in [4.69, 9.17) is 0 Å². The van der Waals surface area contributed by atoms with Gasteiger partial charge in [-0.2, -0.15) is 0 Å². The van der Waals surface area contributed by atoms with E-state index < -0.39 is 5.41 Å². The van der Waals surface area contributed by atoms with E-state index >= 15 is 0 Å². The van der Waals surface area contributed by atoms with Crippen LogP contribution in [0.25, 0.3) is 0 Å². The number of nitrogens with one attached hydrogen (secondary N) is 2. The molecule has 1 spiro atoms. The molecule has 1 unspecified atom stereocenters. The van der Waals surface area contributed by atoms with Gasteiger partial charge in [-0.25, -0.2) is 4.98 Å². The minimum absolute atomic E-state index is 0.0157. The first-order valence-corrected chi connectivity index (χ1v) is 13.4. The van der Waals surface area contributed by atoms with Gasteiger partial charge in [-0.1, -0.05) is 30.3 Å². The van der Waals surface area contributed by atoms with Crippen molar-refractivity contribution in [3.05, 3.63) is 111 Å². The fourth-order valence-electron chi connectivity index (χ4n) is 5.84. The quantitative estimate of drug-likeness (QED) is 0.361. The maximum atomic E-state index is 12.8. The third kappa shape index (κ3) is 5.11. The molecule has 7 rings (SSSR count). The zero-order chi connectivity index (χ0) is 29.1. The minimum atomic E-state index is -0.616. The number of aldehydes is 1. The molecule has 2 aromatic carbocycles. The van der Waals surface area contributed by atoms with E-state index in [1.54, 1.807) is 19.3 Å². The number of hydrogen-bond donors (Lipinski definition) is 2. The number of alkyl halides is 1. The Morgan fingerprint density at radius 2 is 1.73 bits per heavy atom. The second kappa shape index (κ2) is 11.4. The molecule has 210 valence electrons. The van der Waals surface area contributed by atoms with Crippen LogP contribution in [0.15, 0.2) is 77.7 Å². The molecule has 1 atom stereocenters. The summed E-state index contributed by atoms with van der Waals surface area (Å²) in [5.41, 5.74) is 6.28. The van der Waals surface area contributed by atoms with Crippen molar-refractivity contribution in [2.75, 3.05) is 36.3 Å². The van der Waals surface area contributed by atoms with E-state index in [1.165, 1.54) is 34.8 Å². The Balaban J connectivity index is 0.000000235. The molecule has 0 saturated carbocycles. The number of halogens is 1. The molecule has 2 aromatic heterocycles. The van der Waals surface area contributed by atoms with Gasteiger partial charge in [0.15, 0.2) is 0 Å². The number of nitrogens with zero attached hydrogens (tertiary/aromatic N) is 3. The lowest BCUT2D eigenvalue weighted by molar-refractivity contribution is -0.120. The number of fused-ring (bicyclic) bond motifs is 4. The Morgan fingerprint density at radius 3 is 2.51 bits per heavy atom. The Bertz CT molecular complexity index is 1680. The fraction of sp³-hybridized carbons (Fsp3) is 0.250. The maximum absolute atomic E-state index is 12.8. The summed E-state index contributed by atoms with van der Waals surface area (Å²) in [6, 6.07) is 21.3. The summed E-state index contributed by atoms with van der Waals surface area (Å²) in [5.74, 6) is 1.16. The lowest BCUT2D eigenvalue weighted by Gasteiger charge is -2.20. The van der Waals surface area contributed by atoms with Crippen molar-refractivity contribution in [2.24, 2.45) is 7.05 Å². The largest absolute Gasteiger partial charge is 0.374 e. The van der Waals surface area contributed by atoms with Crippen molar-refractivity contribution in [1.82, 2.24) is 9.55 Å². The Labute approximate surface area is 237 Å². The number of anilines is 4. The number of hydrogen-bond acceptors (Lipinski definition) is 6. The fourth-order valence-corrected chi connectivity index (χ4v) is 5.84. The van der Waals surface area contributed by atoms with Crippen molar-refractivity contribution in [3.63, 3.8) is 0 Å². The summed E-state index contributed by atoms with van der Waals surface area (Å²) in [6.45, 7) is 1.18. The monoisotopic (exact) mass is 553 g/mol. The van der Waals surface area contributed by atoms with Crippen LogP contribution in [0.2, 0.25) is 0 Å². The van der Waals surface area contributed by atoms with Gasteiger partial charge in [0.05, 0.1) is 12.6 Å². The highest BCUT2D eigenvalue weighted by molar-refractivity contribution is 6.06. The Kier molecular flexibility index (Phi) is 7.70. The van der Waals surface area contributed by atoms with Gasteiger partial charge in [-0.15, -0.1) is 0 Å². The molecule has 3 aliphatic rings. The molecule has 4 aromatic rings. The van der Waals surface area contributed by atoms with Gasteiger partial charge in [-0.3, -0.25) is 23.3 Å². The summed E-state index contributed by atoms with van der Waals surface area (Å²) < 4.78 is 11.0. The van der Waals surface area contributed by atoms with Crippen LogP contribution < -0.4 is 21.1 Å². The molecule has 8 nitrogen and oxygen atoms in total. The van der Waals surface area contributed by atoms with Crippen LogP contribution in [0.5, 0.6) is 0 Å². The van der Waals surface area contributed by atoms with Crippen molar-refractivity contribution in [2.45, 2.75) is 24.7 Å². The molecule has 9 heteroatoms. The number of rotatable bonds is 3. The second-order valence-electron chi connectivity index (χ2n) is 10.4. The highest BCUT2D eigenvalue weighted by atomic mass is 19.1. The SMILES string of the molecule is CF.CN1CCc2ccccc21.Cn1c(Nc2ccc3c(c2)CC2(C3)C(=O)Nc3ncccc32)cc(C=O)cc1=O. The Hall–Kier alpha value is -4.79. The summed E-state index contributed by atoms with van der Waals surface area (Å²) >= 11 is 0. The van der Waals surface area contributed by atoms with Gasteiger partial charge in [0, 0.05) is 55.4 Å². The number of pyridine rings is 2. The summed E-state index contributed by atoms with van der Waals surface area (Å²) in [7, 11) is 4.29. The molecular weight excluding hydrogens is 521 g/mol. The van der Waals surface area contributed by atoms with Crippen LogP contribution >= 0.6 is 0 Å². The number of benzene rings is 2. The van der Waals surface area contributed by atoms with Gasteiger partial charge in [0.1, 0.15) is 17.9 Å². The van der Waals surface area contributed by atoms with E-state index in [-0.39, 0.29) is 11.5 Å². The molecule has 0 fully saturated rings. The smallest absolute Gasteiger partial charge is 0.252 e. The molecular formula is C32H32FN5O3. The highest BCUT2D eigenvalue weighted by Gasteiger charge is 2.51. The Morgan fingerprint density at radius 1 is 0.951 bits per heavy atom. The van der Waals surface area contributed by atoms with E-state index in [1.807, 2.05) is 30.3 Å². The predicted molar refractivity (Wildman–Crippen MR) is 159 cm³/mol. The summed E-state index contributed by atoms with van der Waals surface area (Å²) in [6.07, 6.45) is 4.78. The molecule has 0 saturated heterocycles. The van der Waals surface area contributed by atoms with Crippen LogP contribution in [-0.4, -0.2) is 42.5 Å². The van der Waals surface area contributed by atoms with E-state index in [0.29, 0.717) is 43.5 Å². The second-order valence-corrected chi connectivity index (χ2v) is 10.4. The molecule has 1 aliphatic carbocycles. The van der Waals surface area contributed by atoms with Crippen LogP contribution in [0.3, 0.4) is 0 Å². The van der Waals surface area contributed by atoms with E-state index in [9.17, 15) is 18.8 Å². The van der Waals surface area contributed by atoms with Crippen molar-refractivity contribution >= 4 is 35.2 Å². The lowest BCUT2D eigenvalue weighted by atomic mass is 9.79. The number of para-hydroxylation sites is 1. The summed E-state index contributed by atoms with van der Waals surface area (Å²) in [4.78, 5) is 42.5. The molecule has 2 aliphatic heterocycles. The first-order chi connectivity index (χ1) is 19.9.